The molecule has 0 radical (unpaired) electrons. The first-order chi connectivity index (χ1) is 9.13. The molecule has 0 aliphatic carbocycles. The van der Waals surface area contributed by atoms with Gasteiger partial charge in [-0.3, -0.25) is 15.0 Å². The number of halogens is 1. The summed E-state index contributed by atoms with van der Waals surface area (Å²) in [6, 6.07) is 5.30. The fourth-order valence-electron chi connectivity index (χ4n) is 2.84. The van der Waals surface area contributed by atoms with Crippen LogP contribution in [0.3, 0.4) is 0 Å². The molecule has 2 N–H and O–H groups in total. The standard InChI is InChI=1S/C13H14FN3O2/c14-9-2-1-3-10(8-9)17-12(19)16-11(18)13(17)4-6-15-7-5-13/h1-3,8,15H,4-7H2,(H,16,18,19). The van der Waals surface area contributed by atoms with E-state index in [0.29, 0.717) is 31.6 Å². The monoisotopic (exact) mass is 263 g/mol. The summed E-state index contributed by atoms with van der Waals surface area (Å²) in [5.74, 6) is -0.711. The summed E-state index contributed by atoms with van der Waals surface area (Å²) in [5.41, 5.74) is -0.457. The third-order valence-corrected chi connectivity index (χ3v) is 3.77. The highest BCUT2D eigenvalue weighted by atomic mass is 19.1. The molecule has 0 aromatic heterocycles. The SMILES string of the molecule is O=C1NC(=O)C2(CCNCC2)N1c1cccc(F)c1. The minimum Gasteiger partial charge on any atom is -0.317 e. The average molecular weight is 263 g/mol. The lowest BCUT2D eigenvalue weighted by molar-refractivity contribution is -0.124. The summed E-state index contributed by atoms with van der Waals surface area (Å²) in [4.78, 5) is 25.6. The van der Waals surface area contributed by atoms with Crippen molar-refractivity contribution < 1.29 is 14.0 Å². The van der Waals surface area contributed by atoms with Gasteiger partial charge in [-0.15, -0.1) is 0 Å². The second-order valence-electron chi connectivity index (χ2n) is 4.86. The number of hydrogen-bond acceptors (Lipinski definition) is 3. The summed E-state index contributed by atoms with van der Waals surface area (Å²) >= 11 is 0. The number of nitrogens with one attached hydrogen (secondary N) is 2. The Morgan fingerprint density at radius 1 is 1.21 bits per heavy atom. The number of nitrogens with zero attached hydrogens (tertiary/aromatic N) is 1. The van der Waals surface area contributed by atoms with Gasteiger partial charge in [-0.05, 0) is 44.1 Å². The van der Waals surface area contributed by atoms with E-state index >= 15 is 0 Å². The summed E-state index contributed by atoms with van der Waals surface area (Å²) < 4.78 is 13.3. The van der Waals surface area contributed by atoms with Crippen molar-refractivity contribution in [3.63, 3.8) is 0 Å². The molecule has 0 saturated carbocycles. The second-order valence-corrected chi connectivity index (χ2v) is 4.86. The molecule has 6 heteroatoms. The predicted octanol–water partition coefficient (Wildman–Crippen LogP) is 1.00. The number of amides is 3. The van der Waals surface area contributed by atoms with E-state index in [-0.39, 0.29) is 5.91 Å². The number of hydrogen-bond donors (Lipinski definition) is 2. The Bertz CT molecular complexity index is 540. The Balaban J connectivity index is 2.06. The largest absolute Gasteiger partial charge is 0.329 e. The first kappa shape index (κ1) is 12.1. The quantitative estimate of drug-likeness (QED) is 0.743. The number of urea groups is 1. The van der Waals surface area contributed by atoms with E-state index in [1.165, 1.54) is 23.1 Å². The Morgan fingerprint density at radius 3 is 2.63 bits per heavy atom. The highest BCUT2D eigenvalue weighted by Crippen LogP contribution is 2.35. The number of anilines is 1. The molecule has 0 unspecified atom stereocenters. The van der Waals surface area contributed by atoms with E-state index in [9.17, 15) is 14.0 Å². The van der Waals surface area contributed by atoms with Crippen molar-refractivity contribution in [2.45, 2.75) is 18.4 Å². The van der Waals surface area contributed by atoms with Crippen LogP contribution in [-0.2, 0) is 4.79 Å². The Labute approximate surface area is 109 Å². The van der Waals surface area contributed by atoms with Crippen LogP contribution in [0.2, 0.25) is 0 Å². The summed E-state index contributed by atoms with van der Waals surface area (Å²) in [6.07, 6.45) is 1.06. The second kappa shape index (κ2) is 4.31. The lowest BCUT2D eigenvalue weighted by Gasteiger charge is -2.38. The van der Waals surface area contributed by atoms with Gasteiger partial charge in [0.05, 0.1) is 0 Å². The third-order valence-electron chi connectivity index (χ3n) is 3.77. The Morgan fingerprint density at radius 2 is 1.95 bits per heavy atom. The van der Waals surface area contributed by atoms with Gasteiger partial charge in [-0.25, -0.2) is 9.18 Å². The summed E-state index contributed by atoms with van der Waals surface area (Å²) in [6.45, 7) is 1.32. The molecule has 1 spiro atoms. The first-order valence-electron chi connectivity index (χ1n) is 6.25. The number of imide groups is 1. The normalized spacial score (nSPS) is 21.8. The maximum absolute atomic E-state index is 13.3. The molecule has 100 valence electrons. The van der Waals surface area contributed by atoms with Gasteiger partial charge in [0, 0.05) is 5.69 Å². The van der Waals surface area contributed by atoms with E-state index in [4.69, 9.17) is 0 Å². The molecule has 2 heterocycles. The first-order valence-corrected chi connectivity index (χ1v) is 6.25. The van der Waals surface area contributed by atoms with Crippen molar-refractivity contribution in [2.75, 3.05) is 18.0 Å². The summed E-state index contributed by atoms with van der Waals surface area (Å²) in [5, 5.41) is 5.51. The van der Waals surface area contributed by atoms with Crippen molar-refractivity contribution in [2.24, 2.45) is 0 Å². The molecule has 1 aromatic rings. The maximum atomic E-state index is 13.3. The zero-order valence-electron chi connectivity index (χ0n) is 10.3. The van der Waals surface area contributed by atoms with Gasteiger partial charge in [-0.2, -0.15) is 0 Å². The molecule has 2 aliphatic rings. The predicted molar refractivity (Wildman–Crippen MR) is 67.3 cm³/mol. The van der Waals surface area contributed by atoms with Gasteiger partial charge in [0.1, 0.15) is 11.4 Å². The van der Waals surface area contributed by atoms with Gasteiger partial charge in [0.2, 0.25) is 0 Å². The molecule has 3 amide bonds. The van der Waals surface area contributed by atoms with E-state index in [1.54, 1.807) is 6.07 Å². The van der Waals surface area contributed by atoms with Crippen molar-refractivity contribution >= 4 is 17.6 Å². The van der Waals surface area contributed by atoms with Crippen LogP contribution in [0, 0.1) is 5.82 Å². The fraction of sp³-hybridized carbons (Fsp3) is 0.385. The van der Waals surface area contributed by atoms with Crippen LogP contribution in [0.25, 0.3) is 0 Å². The number of carbonyl (C=O) groups excluding carboxylic acids is 2. The molecule has 2 aliphatic heterocycles. The molecule has 0 atom stereocenters. The van der Waals surface area contributed by atoms with E-state index in [0.717, 1.165) is 0 Å². The van der Waals surface area contributed by atoms with Gasteiger partial charge < -0.3 is 5.32 Å². The Kier molecular flexibility index (Phi) is 2.74. The minimum absolute atomic E-state index is 0.289. The lowest BCUT2D eigenvalue weighted by Crippen LogP contribution is -2.56. The van der Waals surface area contributed by atoms with Crippen molar-refractivity contribution in [3.05, 3.63) is 30.1 Å². The number of benzene rings is 1. The molecule has 19 heavy (non-hydrogen) atoms. The molecule has 5 nitrogen and oxygen atoms in total. The lowest BCUT2D eigenvalue weighted by atomic mass is 9.86. The number of rotatable bonds is 1. The highest BCUT2D eigenvalue weighted by molar-refractivity contribution is 6.17. The molecule has 3 rings (SSSR count). The topological polar surface area (TPSA) is 61.4 Å². The van der Waals surface area contributed by atoms with Crippen LogP contribution in [0.1, 0.15) is 12.8 Å². The molecule has 2 saturated heterocycles. The number of carbonyl (C=O) groups is 2. The van der Waals surface area contributed by atoms with Crippen LogP contribution in [-0.4, -0.2) is 30.6 Å². The van der Waals surface area contributed by atoms with Gasteiger partial charge in [-0.1, -0.05) is 6.07 Å². The zero-order chi connectivity index (χ0) is 13.5. The van der Waals surface area contributed by atoms with E-state index in [2.05, 4.69) is 10.6 Å². The van der Waals surface area contributed by atoms with Crippen LogP contribution in [0.15, 0.2) is 24.3 Å². The Hall–Kier alpha value is -1.95. The number of piperidine rings is 1. The van der Waals surface area contributed by atoms with Gasteiger partial charge >= 0.3 is 6.03 Å². The smallest absolute Gasteiger partial charge is 0.317 e. The van der Waals surface area contributed by atoms with E-state index in [1.807, 2.05) is 0 Å². The third kappa shape index (κ3) is 1.79. The van der Waals surface area contributed by atoms with Crippen molar-refractivity contribution in [3.8, 4) is 0 Å². The highest BCUT2D eigenvalue weighted by Gasteiger charge is 2.53. The van der Waals surface area contributed by atoms with Crippen LogP contribution < -0.4 is 15.5 Å². The molecule has 2 fully saturated rings. The summed E-state index contributed by atoms with van der Waals surface area (Å²) in [7, 11) is 0. The van der Waals surface area contributed by atoms with E-state index < -0.39 is 17.4 Å². The molecular formula is C13H14FN3O2. The molecular weight excluding hydrogens is 249 g/mol. The van der Waals surface area contributed by atoms with Crippen molar-refractivity contribution in [1.29, 1.82) is 0 Å². The fourth-order valence-corrected chi connectivity index (χ4v) is 2.84. The van der Waals surface area contributed by atoms with Crippen molar-refractivity contribution in [1.82, 2.24) is 10.6 Å². The molecule has 1 aromatic carbocycles. The molecule has 0 bridgehead atoms. The minimum atomic E-state index is -0.879. The van der Waals surface area contributed by atoms with Gasteiger partial charge in [0.15, 0.2) is 0 Å². The zero-order valence-corrected chi connectivity index (χ0v) is 10.3. The van der Waals surface area contributed by atoms with Gasteiger partial charge in [0.25, 0.3) is 5.91 Å². The van der Waals surface area contributed by atoms with Crippen LogP contribution in [0.4, 0.5) is 14.9 Å². The van der Waals surface area contributed by atoms with Crippen LogP contribution >= 0.6 is 0 Å². The average Bonchev–Trinajstić information content (AvgIpc) is 2.62. The maximum Gasteiger partial charge on any atom is 0.329 e. The van der Waals surface area contributed by atoms with Crippen LogP contribution in [0.5, 0.6) is 0 Å².